The molecule has 124 valence electrons. The highest BCUT2D eigenvalue weighted by Gasteiger charge is 2.24. The van der Waals surface area contributed by atoms with Gasteiger partial charge in [-0.05, 0) is 32.6 Å². The zero-order valence-corrected chi connectivity index (χ0v) is 15.8. The highest BCUT2D eigenvalue weighted by Crippen LogP contribution is 2.32. The number of rotatable bonds is 2. The van der Waals surface area contributed by atoms with E-state index < -0.39 is 0 Å². The molecule has 2 aromatic rings. The number of hydrogen-bond acceptors (Lipinski definition) is 5. The number of carbonyl (C=O) groups excluding carboxylic acids is 1. The Bertz CT molecular complexity index is 701. The maximum atomic E-state index is 12.6. The Morgan fingerprint density at radius 3 is 2.52 bits per heavy atom. The summed E-state index contributed by atoms with van der Waals surface area (Å²) in [6.45, 7) is 8.25. The predicted octanol–water partition coefficient (Wildman–Crippen LogP) is 4.73. The van der Waals surface area contributed by atoms with E-state index in [0.717, 1.165) is 28.7 Å². The summed E-state index contributed by atoms with van der Waals surface area (Å²) in [6, 6.07) is 0. The number of anilines is 1. The number of thiazole rings is 2. The molecule has 23 heavy (non-hydrogen) atoms. The minimum absolute atomic E-state index is 0.0352. The molecule has 3 rings (SSSR count). The van der Waals surface area contributed by atoms with Crippen molar-refractivity contribution in [2.24, 2.45) is 0 Å². The summed E-state index contributed by atoms with van der Waals surface area (Å²) in [7, 11) is 0. The fourth-order valence-electron chi connectivity index (χ4n) is 2.66. The molecule has 6 heteroatoms. The van der Waals surface area contributed by atoms with Gasteiger partial charge in [0.25, 0.3) is 5.91 Å². The summed E-state index contributed by atoms with van der Waals surface area (Å²) in [4.78, 5) is 23.8. The van der Waals surface area contributed by atoms with E-state index in [1.54, 1.807) is 11.3 Å². The highest BCUT2D eigenvalue weighted by atomic mass is 32.1. The van der Waals surface area contributed by atoms with Crippen molar-refractivity contribution in [1.29, 1.82) is 0 Å². The molecule has 2 aromatic heterocycles. The van der Waals surface area contributed by atoms with E-state index in [1.165, 1.54) is 41.2 Å². The highest BCUT2D eigenvalue weighted by molar-refractivity contribution is 7.16. The maximum absolute atomic E-state index is 12.6. The lowest BCUT2D eigenvalue weighted by atomic mass is 9.98. The largest absolute Gasteiger partial charge is 0.297 e. The monoisotopic (exact) mass is 349 g/mol. The van der Waals surface area contributed by atoms with Gasteiger partial charge in [0.2, 0.25) is 0 Å². The first-order valence-electron chi connectivity index (χ1n) is 8.12. The Morgan fingerprint density at radius 2 is 1.83 bits per heavy atom. The predicted molar refractivity (Wildman–Crippen MR) is 96.9 cm³/mol. The van der Waals surface area contributed by atoms with Crippen molar-refractivity contribution in [3.63, 3.8) is 0 Å². The fraction of sp³-hybridized carbons (Fsp3) is 0.588. The first-order chi connectivity index (χ1) is 10.8. The summed E-state index contributed by atoms with van der Waals surface area (Å²) >= 11 is 3.12. The Morgan fingerprint density at radius 1 is 1.09 bits per heavy atom. The van der Waals surface area contributed by atoms with Crippen molar-refractivity contribution in [3.8, 4) is 0 Å². The average molecular weight is 350 g/mol. The van der Waals surface area contributed by atoms with Crippen LogP contribution in [-0.2, 0) is 18.3 Å². The molecule has 0 spiro atoms. The zero-order valence-electron chi connectivity index (χ0n) is 14.2. The van der Waals surface area contributed by atoms with Crippen molar-refractivity contribution >= 4 is 33.7 Å². The van der Waals surface area contributed by atoms with Gasteiger partial charge in [-0.3, -0.25) is 10.1 Å². The molecule has 0 saturated heterocycles. The summed E-state index contributed by atoms with van der Waals surface area (Å²) in [5.41, 5.74) is 1.95. The number of aryl methyl sites for hydroxylation is 3. The number of nitrogens with zero attached hydrogens (tertiary/aromatic N) is 2. The lowest BCUT2D eigenvalue weighted by Gasteiger charge is -2.13. The number of hydrogen-bond donors (Lipinski definition) is 1. The molecule has 0 aromatic carbocycles. The van der Waals surface area contributed by atoms with Gasteiger partial charge in [0.15, 0.2) is 5.13 Å². The van der Waals surface area contributed by atoms with E-state index in [1.807, 2.05) is 6.92 Å². The molecule has 0 bridgehead atoms. The molecular weight excluding hydrogens is 326 g/mol. The van der Waals surface area contributed by atoms with Gasteiger partial charge in [0.1, 0.15) is 4.88 Å². The van der Waals surface area contributed by atoms with E-state index in [0.29, 0.717) is 4.88 Å². The van der Waals surface area contributed by atoms with Crippen molar-refractivity contribution < 1.29 is 4.79 Å². The number of amides is 1. The van der Waals surface area contributed by atoms with Crippen LogP contribution < -0.4 is 5.32 Å². The smallest absolute Gasteiger partial charge is 0.269 e. The average Bonchev–Trinajstić information content (AvgIpc) is 2.96. The van der Waals surface area contributed by atoms with Crippen molar-refractivity contribution in [3.05, 3.63) is 26.1 Å². The molecular formula is C17H23N3OS2. The Labute approximate surface area is 145 Å². The van der Waals surface area contributed by atoms with E-state index >= 15 is 0 Å². The molecule has 0 atom stereocenters. The minimum Gasteiger partial charge on any atom is -0.297 e. The van der Waals surface area contributed by atoms with Crippen molar-refractivity contribution in [2.45, 2.75) is 65.2 Å². The summed E-state index contributed by atoms with van der Waals surface area (Å²) in [6.07, 6.45) is 5.84. The molecule has 1 aliphatic carbocycles. The molecule has 0 aliphatic heterocycles. The van der Waals surface area contributed by atoms with Crippen LogP contribution in [0.25, 0.3) is 0 Å². The quantitative estimate of drug-likeness (QED) is 0.798. The fourth-order valence-corrected chi connectivity index (χ4v) is 4.73. The number of aromatic nitrogens is 2. The third-order valence-corrected chi connectivity index (χ3v) is 6.62. The zero-order chi connectivity index (χ0) is 16.6. The third-order valence-electron chi connectivity index (χ3n) is 3.96. The lowest BCUT2D eigenvalue weighted by molar-refractivity contribution is 0.103. The van der Waals surface area contributed by atoms with Crippen LogP contribution in [-0.4, -0.2) is 15.9 Å². The van der Waals surface area contributed by atoms with Gasteiger partial charge in [0, 0.05) is 10.3 Å². The number of carbonyl (C=O) groups is 1. The van der Waals surface area contributed by atoms with Crippen LogP contribution >= 0.6 is 22.7 Å². The van der Waals surface area contributed by atoms with Crippen LogP contribution in [0.5, 0.6) is 0 Å². The van der Waals surface area contributed by atoms with Crippen molar-refractivity contribution in [2.75, 3.05) is 5.32 Å². The van der Waals surface area contributed by atoms with Crippen LogP contribution in [0.1, 0.15) is 71.0 Å². The molecule has 0 fully saturated rings. The van der Waals surface area contributed by atoms with Crippen LogP contribution in [0.4, 0.5) is 5.13 Å². The second-order valence-electron chi connectivity index (χ2n) is 7.09. The SMILES string of the molecule is Cc1nc(C(C)(C)C)sc1C(=O)Nc1nc2c(s1)CCCCC2. The van der Waals surface area contributed by atoms with Crippen LogP contribution in [0.15, 0.2) is 0 Å². The van der Waals surface area contributed by atoms with Gasteiger partial charge in [-0.15, -0.1) is 22.7 Å². The molecule has 4 nitrogen and oxygen atoms in total. The number of fused-ring (bicyclic) bond motifs is 1. The summed E-state index contributed by atoms with van der Waals surface area (Å²) in [5, 5.41) is 4.70. The first-order valence-corrected chi connectivity index (χ1v) is 9.76. The molecule has 1 N–H and O–H groups in total. The van der Waals surface area contributed by atoms with Gasteiger partial charge >= 0.3 is 0 Å². The molecule has 1 aliphatic rings. The minimum atomic E-state index is -0.0839. The van der Waals surface area contributed by atoms with E-state index in [2.05, 4.69) is 36.1 Å². The molecule has 2 heterocycles. The van der Waals surface area contributed by atoms with Crippen LogP contribution in [0, 0.1) is 6.92 Å². The molecule has 0 radical (unpaired) electrons. The molecule has 0 unspecified atom stereocenters. The Balaban J connectivity index is 1.78. The standard InChI is InChI=1S/C17H23N3OS2/c1-10-13(23-15(18-10)17(2,3)4)14(21)20-16-19-11-8-6-5-7-9-12(11)22-16/h5-9H2,1-4H3,(H,19,20,21). The van der Waals surface area contributed by atoms with E-state index in [9.17, 15) is 4.79 Å². The number of nitrogens with one attached hydrogen (secondary N) is 1. The van der Waals surface area contributed by atoms with Gasteiger partial charge in [-0.25, -0.2) is 9.97 Å². The summed E-state index contributed by atoms with van der Waals surface area (Å²) in [5.74, 6) is -0.0839. The molecule has 0 saturated carbocycles. The van der Waals surface area contributed by atoms with Gasteiger partial charge in [-0.2, -0.15) is 0 Å². The van der Waals surface area contributed by atoms with Gasteiger partial charge in [0.05, 0.1) is 16.4 Å². The Kier molecular flexibility index (Phi) is 4.56. The second kappa shape index (κ2) is 6.32. The van der Waals surface area contributed by atoms with E-state index in [4.69, 9.17) is 0 Å². The Hall–Kier alpha value is -1.27. The first kappa shape index (κ1) is 16.6. The van der Waals surface area contributed by atoms with Crippen molar-refractivity contribution in [1.82, 2.24) is 9.97 Å². The lowest BCUT2D eigenvalue weighted by Crippen LogP contribution is -2.11. The van der Waals surface area contributed by atoms with Gasteiger partial charge < -0.3 is 0 Å². The topological polar surface area (TPSA) is 54.9 Å². The normalized spacial score (nSPS) is 15.1. The maximum Gasteiger partial charge on any atom is 0.269 e. The van der Waals surface area contributed by atoms with Crippen LogP contribution in [0.3, 0.4) is 0 Å². The van der Waals surface area contributed by atoms with Gasteiger partial charge in [-0.1, -0.05) is 27.2 Å². The second-order valence-corrected chi connectivity index (χ2v) is 9.17. The van der Waals surface area contributed by atoms with Crippen LogP contribution in [0.2, 0.25) is 0 Å². The summed E-state index contributed by atoms with van der Waals surface area (Å²) < 4.78 is 0. The third kappa shape index (κ3) is 3.63. The van der Waals surface area contributed by atoms with E-state index in [-0.39, 0.29) is 11.3 Å². The molecule has 1 amide bonds.